The molecule has 0 aliphatic heterocycles. The normalized spacial score (nSPS) is 14.0. The van der Waals surface area contributed by atoms with Gasteiger partial charge in [0.25, 0.3) is 0 Å². The standard InChI is InChI=1S/C16H22N4O/c1-12(2)8-16(3,17)11-21-14-9-19-15(20-10-14)13-4-6-18-7-5-13/h4-7,9-10,12H,8,11,17H2,1-3H3. The number of rotatable bonds is 6. The third-order valence-electron chi connectivity index (χ3n) is 3.01. The van der Waals surface area contributed by atoms with Crippen LogP contribution in [0.2, 0.25) is 0 Å². The van der Waals surface area contributed by atoms with Crippen LogP contribution in [-0.2, 0) is 0 Å². The minimum Gasteiger partial charge on any atom is -0.488 e. The smallest absolute Gasteiger partial charge is 0.159 e. The van der Waals surface area contributed by atoms with Gasteiger partial charge in [0.15, 0.2) is 11.6 Å². The van der Waals surface area contributed by atoms with Crippen LogP contribution in [0.5, 0.6) is 5.75 Å². The molecule has 0 spiro atoms. The summed E-state index contributed by atoms with van der Waals surface area (Å²) >= 11 is 0. The molecular formula is C16H22N4O. The first-order valence-electron chi connectivity index (χ1n) is 7.10. The van der Waals surface area contributed by atoms with Crippen molar-refractivity contribution < 1.29 is 4.74 Å². The summed E-state index contributed by atoms with van der Waals surface area (Å²) in [4.78, 5) is 12.6. The van der Waals surface area contributed by atoms with Gasteiger partial charge in [-0.3, -0.25) is 4.98 Å². The minimum absolute atomic E-state index is 0.349. The second-order valence-corrected chi connectivity index (χ2v) is 6.02. The molecule has 5 nitrogen and oxygen atoms in total. The predicted octanol–water partition coefficient (Wildman–Crippen LogP) is 2.68. The highest BCUT2D eigenvalue weighted by Gasteiger charge is 2.21. The number of nitrogens with zero attached hydrogens (tertiary/aromatic N) is 3. The summed E-state index contributed by atoms with van der Waals surface area (Å²) in [5.74, 6) is 1.82. The van der Waals surface area contributed by atoms with E-state index in [1.165, 1.54) is 0 Å². The lowest BCUT2D eigenvalue weighted by Crippen LogP contribution is -2.43. The van der Waals surface area contributed by atoms with Crippen molar-refractivity contribution in [2.45, 2.75) is 32.7 Å². The first-order valence-corrected chi connectivity index (χ1v) is 7.10. The van der Waals surface area contributed by atoms with Crippen LogP contribution in [0.25, 0.3) is 11.4 Å². The van der Waals surface area contributed by atoms with E-state index in [9.17, 15) is 0 Å². The molecule has 21 heavy (non-hydrogen) atoms. The van der Waals surface area contributed by atoms with Crippen LogP contribution in [0.3, 0.4) is 0 Å². The van der Waals surface area contributed by atoms with Gasteiger partial charge in [0.2, 0.25) is 0 Å². The van der Waals surface area contributed by atoms with Crippen LogP contribution in [0.15, 0.2) is 36.9 Å². The molecule has 0 amide bonds. The zero-order chi connectivity index (χ0) is 15.3. The molecule has 1 unspecified atom stereocenters. The van der Waals surface area contributed by atoms with E-state index < -0.39 is 0 Å². The average molecular weight is 286 g/mol. The Morgan fingerprint density at radius 1 is 1.19 bits per heavy atom. The molecule has 2 heterocycles. The maximum absolute atomic E-state index is 6.21. The van der Waals surface area contributed by atoms with Crippen molar-refractivity contribution in [3.05, 3.63) is 36.9 Å². The Bertz CT molecular complexity index is 552. The van der Waals surface area contributed by atoms with Crippen LogP contribution in [0, 0.1) is 5.92 Å². The first kappa shape index (κ1) is 15.4. The summed E-state index contributed by atoms with van der Waals surface area (Å²) < 4.78 is 5.70. The van der Waals surface area contributed by atoms with E-state index in [-0.39, 0.29) is 5.54 Å². The monoisotopic (exact) mass is 286 g/mol. The maximum Gasteiger partial charge on any atom is 0.159 e. The Hall–Kier alpha value is -2.01. The van der Waals surface area contributed by atoms with E-state index in [2.05, 4.69) is 28.8 Å². The van der Waals surface area contributed by atoms with E-state index in [0.29, 0.717) is 24.1 Å². The van der Waals surface area contributed by atoms with E-state index in [1.807, 2.05) is 19.1 Å². The third kappa shape index (κ3) is 4.79. The summed E-state index contributed by atoms with van der Waals surface area (Å²) in [5, 5.41) is 0. The van der Waals surface area contributed by atoms with E-state index >= 15 is 0 Å². The number of hydrogen-bond acceptors (Lipinski definition) is 5. The van der Waals surface area contributed by atoms with Gasteiger partial charge in [0, 0.05) is 23.5 Å². The van der Waals surface area contributed by atoms with Gasteiger partial charge in [-0.25, -0.2) is 9.97 Å². The van der Waals surface area contributed by atoms with Crippen LogP contribution in [-0.4, -0.2) is 27.1 Å². The number of pyridine rings is 1. The van der Waals surface area contributed by atoms with E-state index in [4.69, 9.17) is 10.5 Å². The molecule has 2 N–H and O–H groups in total. The van der Waals surface area contributed by atoms with Crippen LogP contribution in [0.4, 0.5) is 0 Å². The Labute approximate surface area is 125 Å². The van der Waals surface area contributed by atoms with Crippen molar-refractivity contribution in [1.29, 1.82) is 0 Å². The van der Waals surface area contributed by atoms with Crippen molar-refractivity contribution in [2.75, 3.05) is 6.61 Å². The maximum atomic E-state index is 6.21. The van der Waals surface area contributed by atoms with Gasteiger partial charge >= 0.3 is 0 Å². The quantitative estimate of drug-likeness (QED) is 0.883. The van der Waals surface area contributed by atoms with Crippen LogP contribution in [0.1, 0.15) is 27.2 Å². The highest BCUT2D eigenvalue weighted by atomic mass is 16.5. The molecule has 0 saturated carbocycles. The fraction of sp³-hybridized carbons (Fsp3) is 0.438. The third-order valence-corrected chi connectivity index (χ3v) is 3.01. The molecule has 0 bridgehead atoms. The van der Waals surface area contributed by atoms with Gasteiger partial charge in [-0.05, 0) is 31.4 Å². The Balaban J connectivity index is 1.97. The topological polar surface area (TPSA) is 73.9 Å². The fourth-order valence-electron chi connectivity index (χ4n) is 2.28. The number of hydrogen-bond donors (Lipinski definition) is 1. The van der Waals surface area contributed by atoms with Crippen molar-refractivity contribution >= 4 is 0 Å². The zero-order valence-electron chi connectivity index (χ0n) is 12.8. The molecular weight excluding hydrogens is 264 g/mol. The van der Waals surface area contributed by atoms with E-state index in [0.717, 1.165) is 12.0 Å². The highest BCUT2D eigenvalue weighted by Crippen LogP contribution is 2.18. The predicted molar refractivity (Wildman–Crippen MR) is 82.8 cm³/mol. The van der Waals surface area contributed by atoms with Gasteiger partial charge in [-0.1, -0.05) is 13.8 Å². The minimum atomic E-state index is -0.349. The van der Waals surface area contributed by atoms with Gasteiger partial charge in [-0.15, -0.1) is 0 Å². The molecule has 0 aliphatic rings. The molecule has 0 fully saturated rings. The van der Waals surface area contributed by atoms with Gasteiger partial charge in [0.1, 0.15) is 6.61 Å². The Kier molecular flexibility index (Phi) is 4.85. The van der Waals surface area contributed by atoms with Gasteiger partial charge in [0.05, 0.1) is 12.4 Å². The largest absolute Gasteiger partial charge is 0.488 e. The molecule has 2 aromatic heterocycles. The summed E-state index contributed by atoms with van der Waals surface area (Å²) in [6, 6.07) is 3.74. The van der Waals surface area contributed by atoms with Crippen molar-refractivity contribution in [3.63, 3.8) is 0 Å². The fourth-order valence-corrected chi connectivity index (χ4v) is 2.28. The van der Waals surface area contributed by atoms with Crippen LogP contribution < -0.4 is 10.5 Å². The lowest BCUT2D eigenvalue weighted by Gasteiger charge is -2.26. The van der Waals surface area contributed by atoms with E-state index in [1.54, 1.807) is 24.8 Å². The van der Waals surface area contributed by atoms with Gasteiger partial charge < -0.3 is 10.5 Å². The average Bonchev–Trinajstić information content (AvgIpc) is 2.45. The molecule has 1 atom stereocenters. The molecule has 2 aromatic rings. The summed E-state index contributed by atoms with van der Waals surface area (Å²) in [7, 11) is 0. The van der Waals surface area contributed by atoms with Crippen LogP contribution >= 0.6 is 0 Å². The molecule has 0 saturated heterocycles. The van der Waals surface area contributed by atoms with Gasteiger partial charge in [-0.2, -0.15) is 0 Å². The Morgan fingerprint density at radius 2 is 1.81 bits per heavy atom. The molecule has 0 radical (unpaired) electrons. The second kappa shape index (κ2) is 6.63. The molecule has 0 aliphatic carbocycles. The summed E-state index contributed by atoms with van der Waals surface area (Å²) in [5.41, 5.74) is 6.80. The number of ether oxygens (including phenoxy) is 1. The van der Waals surface area contributed by atoms with Crippen molar-refractivity contribution in [3.8, 4) is 17.1 Å². The Morgan fingerprint density at radius 3 is 2.38 bits per heavy atom. The molecule has 112 valence electrons. The highest BCUT2D eigenvalue weighted by molar-refractivity contribution is 5.53. The summed E-state index contributed by atoms with van der Waals surface area (Å²) in [6.45, 7) is 6.75. The molecule has 2 rings (SSSR count). The lowest BCUT2D eigenvalue weighted by molar-refractivity contribution is 0.205. The molecule has 0 aromatic carbocycles. The second-order valence-electron chi connectivity index (χ2n) is 6.02. The molecule has 5 heteroatoms. The van der Waals surface area contributed by atoms with Crippen molar-refractivity contribution in [2.24, 2.45) is 11.7 Å². The summed E-state index contributed by atoms with van der Waals surface area (Å²) in [6.07, 6.45) is 7.69. The zero-order valence-corrected chi connectivity index (χ0v) is 12.8. The lowest BCUT2D eigenvalue weighted by atomic mass is 9.93. The SMILES string of the molecule is CC(C)CC(C)(N)COc1cnc(-c2ccncc2)nc1. The van der Waals surface area contributed by atoms with Crippen molar-refractivity contribution in [1.82, 2.24) is 15.0 Å². The number of aromatic nitrogens is 3. The first-order chi connectivity index (χ1) is 9.96. The number of nitrogens with two attached hydrogens (primary N) is 1.